The first-order valence-corrected chi connectivity index (χ1v) is 6.11. The van der Waals surface area contributed by atoms with Crippen LogP contribution in [-0.2, 0) is 11.3 Å². The molecule has 8 nitrogen and oxygen atoms in total. The molecule has 0 spiro atoms. The van der Waals surface area contributed by atoms with Gasteiger partial charge in [-0.3, -0.25) is 19.0 Å². The lowest BCUT2D eigenvalue weighted by Crippen LogP contribution is -2.32. The van der Waals surface area contributed by atoms with Crippen molar-refractivity contribution in [1.29, 1.82) is 0 Å². The number of carbonyl (C=O) groups excluding carboxylic acids is 1. The van der Waals surface area contributed by atoms with Crippen molar-refractivity contribution < 1.29 is 14.7 Å². The number of carboxylic acid groups (broad SMARTS) is 1. The summed E-state index contributed by atoms with van der Waals surface area (Å²) in [5, 5.41) is 9.24. The van der Waals surface area contributed by atoms with E-state index in [4.69, 9.17) is 16.6 Å². The standard InChI is InChI=1S/C11H9BrN4O4/c12-6-2-4-1-5(9(14)19)11(20)16(3-7(17)18)10(4)15-8(6)13/h1-2H,3H2,(H2,13,15)(H2,14,19)(H,17,18). The lowest BCUT2D eigenvalue weighted by molar-refractivity contribution is -0.137. The minimum atomic E-state index is -1.25. The third-order valence-electron chi connectivity index (χ3n) is 2.60. The minimum Gasteiger partial charge on any atom is -0.480 e. The van der Waals surface area contributed by atoms with Gasteiger partial charge in [-0.1, -0.05) is 0 Å². The number of halogens is 1. The molecule has 2 aromatic heterocycles. The van der Waals surface area contributed by atoms with Gasteiger partial charge in [0.15, 0.2) is 0 Å². The zero-order valence-corrected chi connectivity index (χ0v) is 11.5. The molecule has 2 heterocycles. The molecule has 0 unspecified atom stereocenters. The fourth-order valence-electron chi connectivity index (χ4n) is 1.75. The lowest BCUT2D eigenvalue weighted by Gasteiger charge is -2.10. The topological polar surface area (TPSA) is 141 Å². The minimum absolute atomic E-state index is 0.0723. The van der Waals surface area contributed by atoms with Crippen LogP contribution in [0.25, 0.3) is 11.0 Å². The largest absolute Gasteiger partial charge is 0.480 e. The van der Waals surface area contributed by atoms with Crippen molar-refractivity contribution in [2.75, 3.05) is 5.73 Å². The Morgan fingerprint density at radius 3 is 2.60 bits per heavy atom. The molecule has 0 aromatic carbocycles. The van der Waals surface area contributed by atoms with Gasteiger partial charge in [-0.05, 0) is 28.1 Å². The van der Waals surface area contributed by atoms with Crippen LogP contribution in [0, 0.1) is 0 Å². The van der Waals surface area contributed by atoms with Gasteiger partial charge >= 0.3 is 5.97 Å². The van der Waals surface area contributed by atoms with E-state index in [1.807, 2.05) is 0 Å². The molecule has 0 bridgehead atoms. The van der Waals surface area contributed by atoms with Crippen molar-refractivity contribution in [1.82, 2.24) is 9.55 Å². The van der Waals surface area contributed by atoms with E-state index in [1.165, 1.54) is 12.1 Å². The molecular weight excluding hydrogens is 332 g/mol. The molecule has 0 fully saturated rings. The Labute approximate surface area is 120 Å². The normalized spacial score (nSPS) is 10.7. The molecule has 0 aliphatic rings. The summed E-state index contributed by atoms with van der Waals surface area (Å²) in [5.41, 5.74) is 9.68. The van der Waals surface area contributed by atoms with Crippen molar-refractivity contribution in [3.63, 3.8) is 0 Å². The zero-order chi connectivity index (χ0) is 15.0. The van der Waals surface area contributed by atoms with E-state index >= 15 is 0 Å². The number of anilines is 1. The first kappa shape index (κ1) is 14.0. The number of hydrogen-bond donors (Lipinski definition) is 3. The summed E-state index contributed by atoms with van der Waals surface area (Å²) in [7, 11) is 0. The summed E-state index contributed by atoms with van der Waals surface area (Å²) >= 11 is 3.16. The van der Waals surface area contributed by atoms with E-state index in [0.29, 0.717) is 9.86 Å². The number of primary amides is 1. The van der Waals surface area contributed by atoms with E-state index in [9.17, 15) is 14.4 Å². The summed E-state index contributed by atoms with van der Waals surface area (Å²) < 4.78 is 1.31. The van der Waals surface area contributed by atoms with E-state index in [0.717, 1.165) is 4.57 Å². The fraction of sp³-hybridized carbons (Fsp3) is 0.0909. The van der Waals surface area contributed by atoms with Crippen molar-refractivity contribution in [2.45, 2.75) is 6.54 Å². The number of carboxylic acids is 1. The summed E-state index contributed by atoms with van der Waals surface area (Å²) in [5.74, 6) is -2.09. The predicted molar refractivity (Wildman–Crippen MR) is 74.3 cm³/mol. The van der Waals surface area contributed by atoms with E-state index in [1.54, 1.807) is 0 Å². The SMILES string of the molecule is NC(=O)c1cc2cc(Br)c(N)nc2n(CC(=O)O)c1=O. The average Bonchev–Trinajstić information content (AvgIpc) is 2.34. The van der Waals surface area contributed by atoms with Gasteiger partial charge in [0.05, 0.1) is 4.47 Å². The van der Waals surface area contributed by atoms with Crippen LogP contribution >= 0.6 is 15.9 Å². The Balaban J connectivity index is 2.93. The Bertz CT molecular complexity index is 799. The van der Waals surface area contributed by atoms with Crippen LogP contribution in [-0.4, -0.2) is 26.5 Å². The van der Waals surface area contributed by atoms with Crippen LogP contribution in [0.4, 0.5) is 5.82 Å². The molecule has 0 saturated heterocycles. The number of nitrogens with two attached hydrogens (primary N) is 2. The van der Waals surface area contributed by atoms with E-state index < -0.39 is 24.0 Å². The Hall–Kier alpha value is -2.42. The maximum Gasteiger partial charge on any atom is 0.323 e. The molecule has 104 valence electrons. The third kappa shape index (κ3) is 2.35. The summed E-state index contributed by atoms with van der Waals surface area (Å²) in [6.45, 7) is -0.648. The molecular formula is C11H9BrN4O4. The van der Waals surface area contributed by atoms with Gasteiger partial charge in [0.2, 0.25) is 0 Å². The number of fused-ring (bicyclic) bond motifs is 1. The average molecular weight is 341 g/mol. The summed E-state index contributed by atoms with van der Waals surface area (Å²) in [6.07, 6.45) is 0. The number of hydrogen-bond acceptors (Lipinski definition) is 5. The van der Waals surface area contributed by atoms with Crippen LogP contribution < -0.4 is 17.0 Å². The van der Waals surface area contributed by atoms with Crippen molar-refractivity contribution in [3.8, 4) is 0 Å². The molecule has 2 rings (SSSR count). The predicted octanol–water partition coefficient (Wildman–Crippen LogP) is -0.0753. The molecule has 0 saturated carbocycles. The number of nitrogens with zero attached hydrogens (tertiary/aromatic N) is 2. The Morgan fingerprint density at radius 1 is 1.40 bits per heavy atom. The highest BCUT2D eigenvalue weighted by Gasteiger charge is 2.17. The smallest absolute Gasteiger partial charge is 0.323 e. The number of pyridine rings is 2. The fourth-order valence-corrected chi connectivity index (χ4v) is 2.08. The lowest BCUT2D eigenvalue weighted by atomic mass is 10.2. The molecule has 5 N–H and O–H groups in total. The van der Waals surface area contributed by atoms with E-state index in [-0.39, 0.29) is 17.0 Å². The Kier molecular flexibility index (Phi) is 3.45. The van der Waals surface area contributed by atoms with Crippen LogP contribution in [0.3, 0.4) is 0 Å². The number of aliphatic carboxylic acids is 1. The summed E-state index contributed by atoms with van der Waals surface area (Å²) in [4.78, 5) is 38.1. The first-order valence-electron chi connectivity index (χ1n) is 5.32. The monoisotopic (exact) mass is 340 g/mol. The number of aromatic nitrogens is 2. The second kappa shape index (κ2) is 4.93. The highest BCUT2D eigenvalue weighted by atomic mass is 79.9. The van der Waals surface area contributed by atoms with Gasteiger partial charge in [-0.2, -0.15) is 0 Å². The van der Waals surface area contributed by atoms with Gasteiger partial charge in [-0.25, -0.2) is 4.98 Å². The molecule has 1 amide bonds. The second-order valence-corrected chi connectivity index (χ2v) is 4.83. The molecule has 0 aliphatic carbocycles. The van der Waals surface area contributed by atoms with Gasteiger partial charge in [0.25, 0.3) is 11.5 Å². The Morgan fingerprint density at radius 2 is 2.05 bits per heavy atom. The molecule has 0 aliphatic heterocycles. The van der Waals surface area contributed by atoms with Crippen molar-refractivity contribution in [3.05, 3.63) is 32.5 Å². The van der Waals surface area contributed by atoms with Gasteiger partial charge in [0, 0.05) is 5.39 Å². The van der Waals surface area contributed by atoms with Crippen LogP contribution in [0.2, 0.25) is 0 Å². The third-order valence-corrected chi connectivity index (χ3v) is 3.24. The van der Waals surface area contributed by atoms with Gasteiger partial charge in [-0.15, -0.1) is 0 Å². The van der Waals surface area contributed by atoms with Crippen molar-refractivity contribution in [2.24, 2.45) is 5.73 Å². The quantitative estimate of drug-likeness (QED) is 0.713. The molecule has 2 aromatic rings. The number of carbonyl (C=O) groups is 2. The number of nitrogen functional groups attached to an aromatic ring is 1. The molecule has 9 heteroatoms. The van der Waals surface area contributed by atoms with Crippen LogP contribution in [0.1, 0.15) is 10.4 Å². The number of rotatable bonds is 3. The maximum atomic E-state index is 12.1. The number of amides is 1. The van der Waals surface area contributed by atoms with Crippen LogP contribution in [0.15, 0.2) is 21.4 Å². The first-order chi connectivity index (χ1) is 9.31. The molecule has 0 atom stereocenters. The second-order valence-electron chi connectivity index (χ2n) is 3.98. The van der Waals surface area contributed by atoms with Crippen molar-refractivity contribution >= 4 is 44.7 Å². The summed E-state index contributed by atoms with van der Waals surface area (Å²) in [6, 6.07) is 2.79. The highest BCUT2D eigenvalue weighted by molar-refractivity contribution is 9.10. The molecule has 0 radical (unpaired) electrons. The van der Waals surface area contributed by atoms with E-state index in [2.05, 4.69) is 20.9 Å². The maximum absolute atomic E-state index is 12.1. The zero-order valence-electron chi connectivity index (χ0n) is 9.96. The van der Waals surface area contributed by atoms with Gasteiger partial charge < -0.3 is 16.6 Å². The van der Waals surface area contributed by atoms with Gasteiger partial charge in [0.1, 0.15) is 23.6 Å². The molecule has 20 heavy (non-hydrogen) atoms. The van der Waals surface area contributed by atoms with Crippen LogP contribution in [0.5, 0.6) is 0 Å². The highest BCUT2D eigenvalue weighted by Crippen LogP contribution is 2.22.